The van der Waals surface area contributed by atoms with E-state index >= 15 is 0 Å². The zero-order chi connectivity index (χ0) is 14.3. The molecule has 0 unspecified atom stereocenters. The Labute approximate surface area is 113 Å². The molecule has 2 N–H and O–H groups in total. The fourth-order valence-electron chi connectivity index (χ4n) is 1.57. The highest BCUT2D eigenvalue weighted by atomic mass is 79.9. The minimum absolute atomic E-state index is 0.0893. The van der Waals surface area contributed by atoms with Crippen LogP contribution in [0.3, 0.4) is 0 Å². The molecule has 0 aliphatic rings. The summed E-state index contributed by atoms with van der Waals surface area (Å²) in [6, 6.07) is 2.18. The van der Waals surface area contributed by atoms with E-state index in [1.54, 1.807) is 0 Å². The van der Waals surface area contributed by atoms with Gasteiger partial charge >= 0.3 is 12.2 Å². The number of benzene rings is 1. The number of nitrogens with two attached hydrogens (primary N) is 1. The van der Waals surface area contributed by atoms with E-state index in [-0.39, 0.29) is 26.2 Å². The van der Waals surface area contributed by atoms with E-state index in [4.69, 9.17) is 5.73 Å². The molecule has 9 heteroatoms. The van der Waals surface area contributed by atoms with E-state index in [1.165, 1.54) is 6.92 Å². The Hall–Kier alpha value is -1.77. The van der Waals surface area contributed by atoms with Gasteiger partial charge < -0.3 is 5.73 Å². The molecule has 0 spiro atoms. The maximum absolute atomic E-state index is 13.2. The second-order valence-electron chi connectivity index (χ2n) is 3.71. The lowest BCUT2D eigenvalue weighted by molar-refractivity contribution is 0.0640. The maximum atomic E-state index is 13.2. The molecule has 1 aromatic carbocycles. The van der Waals surface area contributed by atoms with Gasteiger partial charge in [-0.25, -0.2) is 13.8 Å². The molecule has 0 saturated carbocycles. The number of halogens is 4. The zero-order valence-corrected chi connectivity index (χ0v) is 11.2. The number of hydrogen-bond donors (Lipinski definition) is 1. The van der Waals surface area contributed by atoms with Gasteiger partial charge in [-0.3, -0.25) is 0 Å². The van der Waals surface area contributed by atoms with Crippen LogP contribution in [0.4, 0.5) is 18.9 Å². The standard InChI is InChI=1S/C10H8BrF3N4O/c1-4-16-18(10(19)17(4)9(13)14)8-3-7(15)6(12)2-5(8)11/h2-3,9H,15H2,1H3. The molecule has 0 atom stereocenters. The third kappa shape index (κ3) is 2.25. The Balaban J connectivity index is 2.70. The molecular formula is C10H8BrF3N4O. The molecule has 102 valence electrons. The lowest BCUT2D eigenvalue weighted by atomic mass is 10.3. The summed E-state index contributed by atoms with van der Waals surface area (Å²) in [6.45, 7) is -1.73. The van der Waals surface area contributed by atoms with Crippen molar-refractivity contribution in [2.45, 2.75) is 13.5 Å². The lowest BCUT2D eigenvalue weighted by Crippen LogP contribution is -2.25. The number of hydrogen-bond acceptors (Lipinski definition) is 3. The average Bonchev–Trinajstić information content (AvgIpc) is 2.59. The Morgan fingerprint density at radius 1 is 1.42 bits per heavy atom. The summed E-state index contributed by atoms with van der Waals surface area (Å²) in [5.41, 5.74) is 4.23. The number of alkyl halides is 2. The second-order valence-corrected chi connectivity index (χ2v) is 4.57. The molecule has 0 fully saturated rings. The summed E-state index contributed by atoms with van der Waals surface area (Å²) in [5, 5.41) is 3.71. The summed E-state index contributed by atoms with van der Waals surface area (Å²) in [6.07, 6.45) is 0. The van der Waals surface area contributed by atoms with Crippen LogP contribution in [0.1, 0.15) is 12.4 Å². The van der Waals surface area contributed by atoms with E-state index in [2.05, 4.69) is 21.0 Å². The minimum Gasteiger partial charge on any atom is -0.396 e. The molecule has 5 nitrogen and oxygen atoms in total. The molecule has 1 aromatic heterocycles. The molecule has 0 bridgehead atoms. The summed E-state index contributed by atoms with van der Waals surface area (Å²) in [4.78, 5) is 11.8. The number of nitrogen functional groups attached to an aromatic ring is 1. The fourth-order valence-corrected chi connectivity index (χ4v) is 2.06. The smallest absolute Gasteiger partial charge is 0.355 e. The van der Waals surface area contributed by atoms with Gasteiger partial charge in [-0.1, -0.05) is 0 Å². The van der Waals surface area contributed by atoms with Crippen molar-refractivity contribution < 1.29 is 13.2 Å². The van der Waals surface area contributed by atoms with E-state index in [1.807, 2.05) is 0 Å². The number of nitrogens with zero attached hydrogens (tertiary/aromatic N) is 3. The predicted molar refractivity (Wildman–Crippen MR) is 65.9 cm³/mol. The molecule has 19 heavy (non-hydrogen) atoms. The SMILES string of the molecule is Cc1nn(-c2cc(N)c(F)cc2Br)c(=O)n1C(F)F. The predicted octanol–water partition coefficient (Wildman–Crippen LogP) is 2.22. The third-order valence-electron chi connectivity index (χ3n) is 2.47. The summed E-state index contributed by atoms with van der Waals surface area (Å²) in [7, 11) is 0. The minimum atomic E-state index is -3.00. The van der Waals surface area contributed by atoms with Crippen LogP contribution in [-0.4, -0.2) is 14.3 Å². The molecule has 2 aromatic rings. The van der Waals surface area contributed by atoms with Crippen LogP contribution in [0.15, 0.2) is 21.4 Å². The first kappa shape index (κ1) is 13.7. The van der Waals surface area contributed by atoms with Gasteiger partial charge in [-0.05, 0) is 35.0 Å². The summed E-state index contributed by atoms with van der Waals surface area (Å²) in [5.74, 6) is -0.844. The molecule has 0 aliphatic carbocycles. The van der Waals surface area contributed by atoms with Crippen LogP contribution < -0.4 is 11.4 Å². The van der Waals surface area contributed by atoms with Gasteiger partial charge in [0.05, 0.1) is 11.4 Å². The Morgan fingerprint density at radius 3 is 2.58 bits per heavy atom. The van der Waals surface area contributed by atoms with Crippen molar-refractivity contribution in [2.75, 3.05) is 5.73 Å². The van der Waals surface area contributed by atoms with Gasteiger partial charge in [0, 0.05) is 4.47 Å². The Kier molecular flexibility index (Phi) is 3.40. The summed E-state index contributed by atoms with van der Waals surface area (Å²) < 4.78 is 39.7. The van der Waals surface area contributed by atoms with E-state index < -0.39 is 18.1 Å². The fraction of sp³-hybridized carbons (Fsp3) is 0.200. The first-order valence-electron chi connectivity index (χ1n) is 5.04. The highest BCUT2D eigenvalue weighted by Crippen LogP contribution is 2.25. The zero-order valence-electron chi connectivity index (χ0n) is 9.57. The van der Waals surface area contributed by atoms with E-state index in [9.17, 15) is 18.0 Å². The van der Waals surface area contributed by atoms with Crippen LogP contribution in [0.2, 0.25) is 0 Å². The Morgan fingerprint density at radius 2 is 2.05 bits per heavy atom. The maximum Gasteiger partial charge on any atom is 0.355 e. The van der Waals surface area contributed by atoms with Gasteiger partial charge in [0.1, 0.15) is 11.6 Å². The quantitative estimate of drug-likeness (QED) is 0.855. The van der Waals surface area contributed by atoms with Crippen LogP contribution in [0.5, 0.6) is 0 Å². The first-order valence-corrected chi connectivity index (χ1v) is 5.83. The monoisotopic (exact) mass is 336 g/mol. The molecule has 1 heterocycles. The van der Waals surface area contributed by atoms with Crippen molar-refractivity contribution in [3.63, 3.8) is 0 Å². The topological polar surface area (TPSA) is 65.8 Å². The van der Waals surface area contributed by atoms with E-state index in [0.29, 0.717) is 0 Å². The summed E-state index contributed by atoms with van der Waals surface area (Å²) >= 11 is 3.03. The largest absolute Gasteiger partial charge is 0.396 e. The lowest BCUT2D eigenvalue weighted by Gasteiger charge is -2.05. The van der Waals surface area contributed by atoms with Crippen LogP contribution in [-0.2, 0) is 0 Å². The van der Waals surface area contributed by atoms with Crippen LogP contribution in [0, 0.1) is 12.7 Å². The van der Waals surface area contributed by atoms with Crippen molar-refractivity contribution >= 4 is 21.6 Å². The van der Waals surface area contributed by atoms with E-state index in [0.717, 1.165) is 16.8 Å². The van der Waals surface area contributed by atoms with Gasteiger partial charge in [0.25, 0.3) is 0 Å². The van der Waals surface area contributed by atoms with Crippen molar-refractivity contribution in [2.24, 2.45) is 0 Å². The number of rotatable bonds is 2. The number of aryl methyl sites for hydroxylation is 1. The number of aromatic nitrogens is 3. The molecule has 2 rings (SSSR count). The van der Waals surface area contributed by atoms with Gasteiger partial charge in [-0.15, -0.1) is 5.10 Å². The van der Waals surface area contributed by atoms with Gasteiger partial charge in [0.15, 0.2) is 0 Å². The average molecular weight is 337 g/mol. The number of anilines is 1. The molecule has 0 saturated heterocycles. The molecular weight excluding hydrogens is 329 g/mol. The molecule has 0 aliphatic heterocycles. The molecule has 0 radical (unpaired) electrons. The van der Waals surface area contributed by atoms with Crippen LogP contribution >= 0.6 is 15.9 Å². The second kappa shape index (κ2) is 4.72. The van der Waals surface area contributed by atoms with Crippen molar-refractivity contribution in [3.8, 4) is 5.69 Å². The molecule has 0 amide bonds. The normalized spacial score (nSPS) is 11.3. The van der Waals surface area contributed by atoms with Crippen molar-refractivity contribution in [1.29, 1.82) is 0 Å². The highest BCUT2D eigenvalue weighted by molar-refractivity contribution is 9.10. The van der Waals surface area contributed by atoms with Crippen LogP contribution in [0.25, 0.3) is 5.69 Å². The van der Waals surface area contributed by atoms with Crippen molar-refractivity contribution in [3.05, 3.63) is 38.7 Å². The first-order chi connectivity index (χ1) is 8.82. The highest BCUT2D eigenvalue weighted by Gasteiger charge is 2.20. The third-order valence-corrected chi connectivity index (χ3v) is 3.11. The van der Waals surface area contributed by atoms with Gasteiger partial charge in [0.2, 0.25) is 0 Å². The Bertz CT molecular complexity index is 695. The van der Waals surface area contributed by atoms with Crippen molar-refractivity contribution in [1.82, 2.24) is 14.3 Å². The van der Waals surface area contributed by atoms with Gasteiger partial charge in [-0.2, -0.15) is 13.5 Å².